The van der Waals surface area contributed by atoms with Crippen LogP contribution in [0.2, 0.25) is 0 Å². The molecule has 2 saturated heterocycles. The lowest BCUT2D eigenvalue weighted by atomic mass is 9.85. The van der Waals surface area contributed by atoms with E-state index >= 15 is 0 Å². The number of likely N-dealkylation sites (tertiary alicyclic amines) is 2. The number of nitrogens with zero attached hydrogens (tertiary/aromatic N) is 2. The number of hydrogen-bond donors (Lipinski definition) is 1. The molecule has 1 atom stereocenters. The number of hydrogen-bond acceptors (Lipinski definition) is 3. The van der Waals surface area contributed by atoms with E-state index < -0.39 is 5.41 Å². The third-order valence-electron chi connectivity index (χ3n) is 6.85. The first-order valence-electron chi connectivity index (χ1n) is 10.7. The Morgan fingerprint density at radius 1 is 1.10 bits per heavy atom. The Balaban J connectivity index is 1.24. The Morgan fingerprint density at radius 2 is 1.90 bits per heavy atom. The number of carbonyl (C=O) groups excluding carboxylic acids is 2. The quantitative estimate of drug-likeness (QED) is 0.724. The maximum Gasteiger partial charge on any atom is 0.321 e. The molecule has 0 radical (unpaired) electrons. The number of amides is 3. The molecule has 1 unspecified atom stereocenters. The summed E-state index contributed by atoms with van der Waals surface area (Å²) < 4.78 is 5.11. The molecule has 6 heteroatoms. The van der Waals surface area contributed by atoms with Crippen molar-refractivity contribution in [3.8, 4) is 11.1 Å². The Bertz CT molecular complexity index is 1000. The molecule has 0 bridgehead atoms. The molecule has 0 saturated carbocycles. The molecule has 3 amide bonds. The summed E-state index contributed by atoms with van der Waals surface area (Å²) in [5.41, 5.74) is 5.50. The Kier molecular flexibility index (Phi) is 4.74. The second-order valence-corrected chi connectivity index (χ2v) is 8.62. The van der Waals surface area contributed by atoms with Crippen molar-refractivity contribution in [2.24, 2.45) is 5.41 Å². The van der Waals surface area contributed by atoms with Crippen LogP contribution in [0, 0.1) is 5.41 Å². The Morgan fingerprint density at radius 3 is 2.77 bits per heavy atom. The number of methoxy groups -OCH3 is 1. The molecule has 3 aliphatic rings. The van der Waals surface area contributed by atoms with Gasteiger partial charge in [-0.25, -0.2) is 4.79 Å². The van der Waals surface area contributed by atoms with Gasteiger partial charge in [0.15, 0.2) is 0 Å². The maximum atomic E-state index is 12.9. The summed E-state index contributed by atoms with van der Waals surface area (Å²) in [6.45, 7) is 3.04. The van der Waals surface area contributed by atoms with Crippen LogP contribution < -0.4 is 5.32 Å². The first-order chi connectivity index (χ1) is 14.6. The largest absolute Gasteiger partial charge is 0.383 e. The lowest BCUT2D eigenvalue weighted by Gasteiger charge is -2.23. The van der Waals surface area contributed by atoms with E-state index in [-0.39, 0.29) is 11.9 Å². The zero-order valence-electron chi connectivity index (χ0n) is 17.3. The number of urea groups is 1. The van der Waals surface area contributed by atoms with Gasteiger partial charge in [-0.05, 0) is 53.6 Å². The number of ether oxygens (including phenoxy) is 1. The Labute approximate surface area is 176 Å². The summed E-state index contributed by atoms with van der Waals surface area (Å²) in [5.74, 6) is 0.171. The van der Waals surface area contributed by atoms with Gasteiger partial charge < -0.3 is 19.9 Å². The zero-order valence-corrected chi connectivity index (χ0v) is 17.3. The van der Waals surface area contributed by atoms with E-state index in [1.165, 1.54) is 22.3 Å². The molecular weight excluding hydrogens is 378 g/mol. The first kappa shape index (κ1) is 19.1. The maximum absolute atomic E-state index is 12.9. The molecule has 2 fully saturated rings. The molecule has 2 heterocycles. The van der Waals surface area contributed by atoms with Gasteiger partial charge in [0.1, 0.15) is 0 Å². The fourth-order valence-corrected chi connectivity index (χ4v) is 5.16. The topological polar surface area (TPSA) is 61.9 Å². The average molecular weight is 405 g/mol. The van der Waals surface area contributed by atoms with Gasteiger partial charge in [-0.2, -0.15) is 0 Å². The van der Waals surface area contributed by atoms with Crippen LogP contribution >= 0.6 is 0 Å². The smallest absolute Gasteiger partial charge is 0.321 e. The lowest BCUT2D eigenvalue weighted by molar-refractivity contribution is -0.135. The highest BCUT2D eigenvalue weighted by molar-refractivity contribution is 5.92. The van der Waals surface area contributed by atoms with Gasteiger partial charge in [0.25, 0.3) is 0 Å². The zero-order chi connectivity index (χ0) is 20.7. The molecule has 156 valence electrons. The van der Waals surface area contributed by atoms with Crippen molar-refractivity contribution in [2.45, 2.75) is 19.3 Å². The van der Waals surface area contributed by atoms with Crippen LogP contribution in [-0.4, -0.2) is 61.6 Å². The third-order valence-corrected chi connectivity index (χ3v) is 6.85. The molecule has 5 rings (SSSR count). The average Bonchev–Trinajstić information content (AvgIpc) is 3.43. The van der Waals surface area contributed by atoms with E-state index in [0.717, 1.165) is 31.5 Å². The van der Waals surface area contributed by atoms with Gasteiger partial charge in [-0.3, -0.25) is 4.79 Å². The predicted octanol–water partition coefficient (Wildman–Crippen LogP) is 3.36. The van der Waals surface area contributed by atoms with Gasteiger partial charge in [0.2, 0.25) is 5.91 Å². The van der Waals surface area contributed by atoms with Crippen LogP contribution in [0.1, 0.15) is 24.0 Å². The van der Waals surface area contributed by atoms with E-state index in [0.29, 0.717) is 26.2 Å². The second kappa shape index (κ2) is 7.43. The molecule has 2 aromatic rings. The van der Waals surface area contributed by atoms with Crippen molar-refractivity contribution in [1.82, 2.24) is 9.80 Å². The molecule has 0 aromatic heterocycles. The summed E-state index contributed by atoms with van der Waals surface area (Å²) in [6.07, 6.45) is 2.45. The summed E-state index contributed by atoms with van der Waals surface area (Å²) in [7, 11) is 1.65. The van der Waals surface area contributed by atoms with E-state index in [1.54, 1.807) is 12.0 Å². The monoisotopic (exact) mass is 405 g/mol. The Hall–Kier alpha value is -2.86. The second-order valence-electron chi connectivity index (χ2n) is 8.62. The minimum atomic E-state index is -0.412. The van der Waals surface area contributed by atoms with Gasteiger partial charge in [-0.1, -0.05) is 30.3 Å². The van der Waals surface area contributed by atoms with Gasteiger partial charge in [-0.15, -0.1) is 0 Å². The molecule has 1 aliphatic carbocycles. The van der Waals surface area contributed by atoms with Crippen molar-refractivity contribution >= 4 is 17.6 Å². The third kappa shape index (κ3) is 3.16. The number of benzene rings is 2. The number of anilines is 1. The van der Waals surface area contributed by atoms with Gasteiger partial charge in [0, 0.05) is 39.0 Å². The van der Waals surface area contributed by atoms with Crippen LogP contribution in [-0.2, 0) is 16.0 Å². The van der Waals surface area contributed by atoms with Crippen LogP contribution in [0.15, 0.2) is 42.5 Å². The molecular formula is C24H27N3O3. The van der Waals surface area contributed by atoms with Crippen molar-refractivity contribution < 1.29 is 14.3 Å². The van der Waals surface area contributed by atoms with Crippen molar-refractivity contribution in [3.05, 3.63) is 53.6 Å². The van der Waals surface area contributed by atoms with Gasteiger partial charge in [0.05, 0.1) is 12.0 Å². The molecule has 1 N–H and O–H groups in total. The predicted molar refractivity (Wildman–Crippen MR) is 115 cm³/mol. The van der Waals surface area contributed by atoms with Crippen LogP contribution in [0.3, 0.4) is 0 Å². The highest BCUT2D eigenvalue weighted by atomic mass is 16.5. The minimum Gasteiger partial charge on any atom is -0.383 e. The van der Waals surface area contributed by atoms with Crippen molar-refractivity contribution in [3.63, 3.8) is 0 Å². The van der Waals surface area contributed by atoms with Crippen LogP contribution in [0.25, 0.3) is 11.1 Å². The number of rotatable bonds is 4. The van der Waals surface area contributed by atoms with Gasteiger partial charge >= 0.3 is 6.03 Å². The van der Waals surface area contributed by atoms with E-state index in [1.807, 2.05) is 11.0 Å². The fraction of sp³-hybridized carbons (Fsp3) is 0.417. The first-order valence-corrected chi connectivity index (χ1v) is 10.7. The van der Waals surface area contributed by atoms with E-state index in [2.05, 4.69) is 41.7 Å². The summed E-state index contributed by atoms with van der Waals surface area (Å²) in [6, 6.07) is 14.5. The van der Waals surface area contributed by atoms with Crippen molar-refractivity contribution in [1.29, 1.82) is 0 Å². The highest BCUT2D eigenvalue weighted by Crippen LogP contribution is 2.41. The molecule has 30 heavy (non-hydrogen) atoms. The number of nitrogens with one attached hydrogen (secondary N) is 1. The number of carbonyl (C=O) groups is 2. The molecule has 2 aliphatic heterocycles. The molecule has 1 spiro atoms. The van der Waals surface area contributed by atoms with Crippen LogP contribution in [0.5, 0.6) is 0 Å². The summed E-state index contributed by atoms with van der Waals surface area (Å²) >= 11 is 0. The SMILES string of the molecule is COCCN1CCC2(CCN(C(=O)Nc3ccc4c(c3)Cc3ccccc3-4)C2)C1=O. The summed E-state index contributed by atoms with van der Waals surface area (Å²) in [4.78, 5) is 29.5. The lowest BCUT2D eigenvalue weighted by Crippen LogP contribution is -2.40. The van der Waals surface area contributed by atoms with E-state index in [4.69, 9.17) is 4.74 Å². The minimum absolute atomic E-state index is 0.120. The standard InChI is InChI=1S/C24H27N3O3/c1-30-13-12-26-10-8-24(22(26)28)9-11-27(16-24)23(29)25-19-6-7-21-18(15-19)14-17-4-2-3-5-20(17)21/h2-7,15H,8-14,16H2,1H3,(H,25,29). The number of fused-ring (bicyclic) bond motifs is 3. The normalized spacial score (nSPS) is 22.0. The fourth-order valence-electron chi connectivity index (χ4n) is 5.16. The molecule has 2 aromatic carbocycles. The van der Waals surface area contributed by atoms with E-state index in [9.17, 15) is 9.59 Å². The summed E-state index contributed by atoms with van der Waals surface area (Å²) in [5, 5.41) is 3.05. The van der Waals surface area contributed by atoms with Crippen molar-refractivity contribution in [2.75, 3.05) is 45.2 Å². The molecule has 6 nitrogen and oxygen atoms in total. The van der Waals surface area contributed by atoms with Crippen LogP contribution in [0.4, 0.5) is 10.5 Å². The highest BCUT2D eigenvalue weighted by Gasteiger charge is 2.51.